The molecule has 0 bridgehead atoms. The van der Waals surface area contributed by atoms with Crippen LogP contribution in [0.4, 0.5) is 0 Å². The molecule has 2 heterocycles. The number of ether oxygens (including phenoxy) is 1. The van der Waals surface area contributed by atoms with E-state index in [2.05, 4.69) is 5.32 Å². The summed E-state index contributed by atoms with van der Waals surface area (Å²) in [5, 5.41) is 3.95. The van der Waals surface area contributed by atoms with Crippen LogP contribution in [0.3, 0.4) is 0 Å². The van der Waals surface area contributed by atoms with Crippen LogP contribution in [-0.2, 0) is 9.53 Å². The van der Waals surface area contributed by atoms with Crippen LogP contribution in [-0.4, -0.2) is 56.5 Å². The molecule has 1 aromatic carbocycles. The lowest BCUT2D eigenvalue weighted by Gasteiger charge is -2.41. The number of rotatable bonds is 5. The van der Waals surface area contributed by atoms with E-state index in [1.165, 1.54) is 0 Å². The van der Waals surface area contributed by atoms with Crippen molar-refractivity contribution in [1.82, 2.24) is 10.2 Å². The number of Topliss-reactive ketones (excluding diaryl/α,β-unsaturated/α-hetero) is 1. The van der Waals surface area contributed by atoms with E-state index in [0.29, 0.717) is 43.1 Å². The SMILES string of the molecule is COCC1(C(=O)N2CCC(C(=O)c3ccc(Cl)cc3)CC2)CCNCC1. The lowest BCUT2D eigenvalue weighted by Crippen LogP contribution is -2.53. The van der Waals surface area contributed by atoms with Crippen molar-refractivity contribution in [2.45, 2.75) is 25.7 Å². The van der Waals surface area contributed by atoms with Crippen molar-refractivity contribution in [1.29, 1.82) is 0 Å². The average Bonchev–Trinajstić information content (AvgIpc) is 2.68. The predicted octanol–water partition coefficient (Wildman–Crippen LogP) is 2.78. The molecule has 2 aliphatic heterocycles. The van der Waals surface area contributed by atoms with Crippen LogP contribution in [0.15, 0.2) is 24.3 Å². The monoisotopic (exact) mass is 378 g/mol. The molecule has 0 aliphatic carbocycles. The first-order chi connectivity index (χ1) is 12.6. The van der Waals surface area contributed by atoms with Crippen molar-refractivity contribution in [2.24, 2.45) is 11.3 Å². The summed E-state index contributed by atoms with van der Waals surface area (Å²) in [5.41, 5.74) is 0.293. The highest BCUT2D eigenvalue weighted by molar-refractivity contribution is 6.30. The second-order valence-electron chi connectivity index (χ2n) is 7.40. The van der Waals surface area contributed by atoms with Gasteiger partial charge in [0, 0.05) is 36.7 Å². The molecule has 1 aromatic rings. The van der Waals surface area contributed by atoms with Gasteiger partial charge in [-0.05, 0) is 63.0 Å². The zero-order chi connectivity index (χ0) is 18.6. The number of hydrogen-bond acceptors (Lipinski definition) is 4. The summed E-state index contributed by atoms with van der Waals surface area (Å²) in [4.78, 5) is 27.8. The van der Waals surface area contributed by atoms with Gasteiger partial charge in [-0.15, -0.1) is 0 Å². The van der Waals surface area contributed by atoms with E-state index in [1.807, 2.05) is 4.90 Å². The minimum absolute atomic E-state index is 0.0216. The quantitative estimate of drug-likeness (QED) is 0.800. The van der Waals surface area contributed by atoms with E-state index in [-0.39, 0.29) is 17.6 Å². The third kappa shape index (κ3) is 4.11. The van der Waals surface area contributed by atoms with Crippen LogP contribution in [0.2, 0.25) is 5.02 Å². The van der Waals surface area contributed by atoms with E-state index in [1.54, 1.807) is 31.4 Å². The zero-order valence-corrected chi connectivity index (χ0v) is 16.1. The first kappa shape index (κ1) is 19.3. The zero-order valence-electron chi connectivity index (χ0n) is 15.3. The van der Waals surface area contributed by atoms with E-state index < -0.39 is 5.41 Å². The fraction of sp³-hybridized carbons (Fsp3) is 0.600. The number of carbonyl (C=O) groups is 2. The third-order valence-corrected chi connectivity index (χ3v) is 5.97. The molecule has 0 spiro atoms. The Hall–Kier alpha value is -1.43. The molecule has 26 heavy (non-hydrogen) atoms. The first-order valence-corrected chi connectivity index (χ1v) is 9.72. The molecule has 6 heteroatoms. The summed E-state index contributed by atoms with van der Waals surface area (Å²) < 4.78 is 5.38. The lowest BCUT2D eigenvalue weighted by molar-refractivity contribution is -0.148. The maximum Gasteiger partial charge on any atom is 0.231 e. The fourth-order valence-corrected chi connectivity index (χ4v) is 4.26. The van der Waals surface area contributed by atoms with Gasteiger partial charge in [-0.1, -0.05) is 11.6 Å². The summed E-state index contributed by atoms with van der Waals surface area (Å²) in [6.45, 7) is 3.45. The minimum atomic E-state index is -0.410. The Balaban J connectivity index is 1.61. The summed E-state index contributed by atoms with van der Waals surface area (Å²) >= 11 is 5.90. The minimum Gasteiger partial charge on any atom is -0.384 e. The number of methoxy groups -OCH3 is 1. The summed E-state index contributed by atoms with van der Waals surface area (Å²) in [6, 6.07) is 7.06. The first-order valence-electron chi connectivity index (χ1n) is 9.34. The average molecular weight is 379 g/mol. The van der Waals surface area contributed by atoms with Crippen molar-refractivity contribution >= 4 is 23.3 Å². The normalized spacial score (nSPS) is 20.8. The molecule has 0 atom stereocenters. The van der Waals surface area contributed by atoms with Crippen molar-refractivity contribution in [2.75, 3.05) is 39.9 Å². The van der Waals surface area contributed by atoms with Crippen molar-refractivity contribution in [3.8, 4) is 0 Å². The van der Waals surface area contributed by atoms with Crippen molar-refractivity contribution < 1.29 is 14.3 Å². The number of nitrogens with one attached hydrogen (secondary N) is 1. The molecular formula is C20H27ClN2O3. The Kier molecular flexibility index (Phi) is 6.33. The number of benzene rings is 1. The van der Waals surface area contributed by atoms with Crippen LogP contribution in [0.25, 0.3) is 0 Å². The van der Waals surface area contributed by atoms with Crippen LogP contribution in [0.5, 0.6) is 0 Å². The van der Waals surface area contributed by atoms with Crippen LogP contribution in [0, 0.1) is 11.3 Å². The molecule has 0 saturated carbocycles. The molecule has 0 radical (unpaired) electrons. The summed E-state index contributed by atoms with van der Waals surface area (Å²) in [7, 11) is 1.66. The van der Waals surface area contributed by atoms with Crippen molar-refractivity contribution in [3.05, 3.63) is 34.9 Å². The second-order valence-corrected chi connectivity index (χ2v) is 7.84. The van der Waals surface area contributed by atoms with Gasteiger partial charge in [-0.3, -0.25) is 9.59 Å². The number of halogens is 1. The molecule has 1 N–H and O–H groups in total. The van der Waals surface area contributed by atoms with E-state index in [9.17, 15) is 9.59 Å². The number of hydrogen-bond donors (Lipinski definition) is 1. The molecule has 5 nitrogen and oxygen atoms in total. The molecule has 2 fully saturated rings. The molecule has 2 aliphatic rings. The highest BCUT2D eigenvalue weighted by atomic mass is 35.5. The van der Waals surface area contributed by atoms with E-state index in [0.717, 1.165) is 25.9 Å². The highest BCUT2D eigenvalue weighted by Crippen LogP contribution is 2.33. The third-order valence-electron chi connectivity index (χ3n) is 5.72. The van der Waals surface area contributed by atoms with Gasteiger partial charge >= 0.3 is 0 Å². The van der Waals surface area contributed by atoms with Crippen LogP contribution >= 0.6 is 11.6 Å². The standard InChI is InChI=1S/C20H27ClN2O3/c1-26-14-20(8-10-22-11-9-20)19(25)23-12-6-16(7-13-23)18(24)15-2-4-17(21)5-3-15/h2-5,16,22H,6-14H2,1H3. The lowest BCUT2D eigenvalue weighted by atomic mass is 9.77. The molecule has 142 valence electrons. The Morgan fingerprint density at radius 3 is 2.38 bits per heavy atom. The molecule has 2 saturated heterocycles. The topological polar surface area (TPSA) is 58.6 Å². The number of likely N-dealkylation sites (tertiary alicyclic amines) is 1. The van der Waals surface area contributed by atoms with Crippen molar-refractivity contribution in [3.63, 3.8) is 0 Å². The summed E-state index contributed by atoms with van der Waals surface area (Å²) in [5.74, 6) is 0.326. The highest BCUT2D eigenvalue weighted by Gasteiger charge is 2.43. The Morgan fingerprint density at radius 1 is 1.19 bits per heavy atom. The fourth-order valence-electron chi connectivity index (χ4n) is 4.13. The molecule has 1 amide bonds. The Labute approximate surface area is 160 Å². The smallest absolute Gasteiger partial charge is 0.231 e. The molecule has 0 aromatic heterocycles. The van der Waals surface area contributed by atoms with Gasteiger partial charge in [0.15, 0.2) is 5.78 Å². The number of piperidine rings is 2. The summed E-state index contributed by atoms with van der Waals surface area (Å²) in [6.07, 6.45) is 3.05. The van der Waals surface area contributed by atoms with Gasteiger partial charge in [-0.2, -0.15) is 0 Å². The number of nitrogens with zero attached hydrogens (tertiary/aromatic N) is 1. The van der Waals surface area contributed by atoms with E-state index in [4.69, 9.17) is 16.3 Å². The second kappa shape index (κ2) is 8.51. The van der Waals surface area contributed by atoms with Gasteiger partial charge in [0.2, 0.25) is 5.91 Å². The van der Waals surface area contributed by atoms with Crippen LogP contribution < -0.4 is 5.32 Å². The number of amides is 1. The van der Waals surface area contributed by atoms with Gasteiger partial charge in [0.1, 0.15) is 0 Å². The van der Waals surface area contributed by atoms with Gasteiger partial charge < -0.3 is 15.0 Å². The maximum atomic E-state index is 13.2. The molecule has 0 unspecified atom stereocenters. The number of carbonyl (C=O) groups excluding carboxylic acids is 2. The van der Waals surface area contributed by atoms with Gasteiger partial charge in [0.25, 0.3) is 0 Å². The molecular weight excluding hydrogens is 352 g/mol. The van der Waals surface area contributed by atoms with Crippen LogP contribution in [0.1, 0.15) is 36.0 Å². The Bertz CT molecular complexity index is 627. The predicted molar refractivity (Wildman–Crippen MR) is 101 cm³/mol. The maximum absolute atomic E-state index is 13.2. The van der Waals surface area contributed by atoms with E-state index >= 15 is 0 Å². The van der Waals surface area contributed by atoms with Gasteiger partial charge in [-0.25, -0.2) is 0 Å². The Morgan fingerprint density at radius 2 is 1.81 bits per heavy atom. The largest absolute Gasteiger partial charge is 0.384 e. The number of ketones is 1. The van der Waals surface area contributed by atoms with Gasteiger partial charge in [0.05, 0.1) is 12.0 Å². The molecule has 3 rings (SSSR count).